The van der Waals surface area contributed by atoms with Crippen LogP contribution in [0.3, 0.4) is 0 Å². The fourth-order valence-electron chi connectivity index (χ4n) is 2.55. The first kappa shape index (κ1) is 16.9. The third kappa shape index (κ3) is 2.67. The molecule has 1 aliphatic rings. The summed E-state index contributed by atoms with van der Waals surface area (Å²) in [6, 6.07) is 14.7. The van der Waals surface area contributed by atoms with Gasteiger partial charge in [0.15, 0.2) is 0 Å². The lowest BCUT2D eigenvalue weighted by Crippen LogP contribution is -2.37. The monoisotopic (exact) mass is 406 g/mol. The van der Waals surface area contributed by atoms with E-state index in [1.54, 1.807) is 56.4 Å². The lowest BCUT2D eigenvalue weighted by Gasteiger charge is -2.16. The van der Waals surface area contributed by atoms with Crippen LogP contribution >= 0.6 is 15.9 Å². The first-order valence-electron chi connectivity index (χ1n) is 7.21. The van der Waals surface area contributed by atoms with Crippen LogP contribution in [0.5, 0.6) is 0 Å². The van der Waals surface area contributed by atoms with Crippen molar-refractivity contribution < 1.29 is 13.2 Å². The molecule has 0 saturated heterocycles. The van der Waals surface area contributed by atoms with Gasteiger partial charge in [-0.25, -0.2) is 13.4 Å². The summed E-state index contributed by atoms with van der Waals surface area (Å²) in [6.07, 6.45) is 0. The van der Waals surface area contributed by atoms with Crippen molar-refractivity contribution in [1.29, 1.82) is 0 Å². The number of hydrogen-bond donors (Lipinski definition) is 0. The Morgan fingerprint density at radius 2 is 1.54 bits per heavy atom. The number of nitrogens with zero attached hydrogens (tertiary/aromatic N) is 2. The number of carbonyl (C=O) groups excluding carboxylic acids is 1. The Morgan fingerprint density at radius 3 is 2.04 bits per heavy atom. The number of rotatable bonds is 3. The summed E-state index contributed by atoms with van der Waals surface area (Å²) in [7, 11) is -1.97. The first-order chi connectivity index (χ1) is 11.2. The molecule has 1 heterocycles. The molecule has 7 heteroatoms. The summed E-state index contributed by atoms with van der Waals surface area (Å²) in [6.45, 7) is 1.73. The summed E-state index contributed by atoms with van der Waals surface area (Å²) in [5, 5.41) is 5.52. The highest BCUT2D eigenvalue weighted by atomic mass is 79.9. The third-order valence-electron chi connectivity index (χ3n) is 3.88. The van der Waals surface area contributed by atoms with Gasteiger partial charge in [-0.1, -0.05) is 46.3 Å². The van der Waals surface area contributed by atoms with Gasteiger partial charge in [0.05, 0.1) is 15.5 Å². The van der Waals surface area contributed by atoms with Crippen LogP contribution in [0.25, 0.3) is 0 Å². The van der Waals surface area contributed by atoms with Crippen molar-refractivity contribution in [3.8, 4) is 0 Å². The first-order valence-corrected chi connectivity index (χ1v) is 9.49. The number of benzene rings is 2. The zero-order chi connectivity index (χ0) is 17.5. The van der Waals surface area contributed by atoms with Gasteiger partial charge >= 0.3 is 0 Å². The van der Waals surface area contributed by atoms with Crippen LogP contribution in [-0.2, 0) is 14.6 Å². The van der Waals surface area contributed by atoms with E-state index >= 15 is 0 Å². The molecule has 1 aliphatic heterocycles. The maximum Gasteiger partial charge on any atom is 0.265 e. The maximum atomic E-state index is 12.6. The molecular formula is C17H15BrN2O3S. The van der Waals surface area contributed by atoms with E-state index < -0.39 is 14.2 Å². The normalized spacial score (nSPS) is 21.0. The molecule has 124 valence electrons. The van der Waals surface area contributed by atoms with E-state index in [2.05, 4.69) is 21.0 Å². The molecule has 24 heavy (non-hydrogen) atoms. The molecule has 1 amide bonds. The Morgan fingerprint density at radius 1 is 1.00 bits per heavy atom. The molecule has 0 fully saturated rings. The summed E-state index contributed by atoms with van der Waals surface area (Å²) >= 11 is 3.41. The number of sulfone groups is 1. The van der Waals surface area contributed by atoms with Gasteiger partial charge in [0.2, 0.25) is 9.84 Å². The van der Waals surface area contributed by atoms with Crippen molar-refractivity contribution in [1.82, 2.24) is 5.01 Å². The molecule has 0 saturated carbocycles. The number of carbonyl (C=O) groups is 1. The quantitative estimate of drug-likeness (QED) is 0.735. The van der Waals surface area contributed by atoms with Gasteiger partial charge < -0.3 is 0 Å². The van der Waals surface area contributed by atoms with Gasteiger partial charge in [-0.05, 0) is 36.8 Å². The molecule has 2 aromatic rings. The van der Waals surface area contributed by atoms with Crippen molar-refractivity contribution in [2.24, 2.45) is 5.10 Å². The molecule has 0 bridgehead atoms. The van der Waals surface area contributed by atoms with E-state index in [0.717, 1.165) is 0 Å². The predicted molar refractivity (Wildman–Crippen MR) is 95.0 cm³/mol. The second kappa shape index (κ2) is 5.82. The molecule has 0 spiro atoms. The summed E-state index contributed by atoms with van der Waals surface area (Å²) in [5.41, 5.74) is 1.25. The molecule has 0 radical (unpaired) electrons. The van der Waals surface area contributed by atoms with E-state index in [-0.39, 0.29) is 15.7 Å². The minimum Gasteiger partial charge on any atom is -0.271 e. The Kier molecular flexibility index (Phi) is 4.09. The fraction of sp³-hybridized carbons (Fsp3) is 0.176. The summed E-state index contributed by atoms with van der Waals surface area (Å²) in [5.74, 6) is -0.168. The second-order valence-corrected chi connectivity index (χ2v) is 9.16. The number of halogens is 1. The smallest absolute Gasteiger partial charge is 0.265 e. The van der Waals surface area contributed by atoms with E-state index in [1.807, 2.05) is 0 Å². The van der Waals surface area contributed by atoms with Crippen LogP contribution in [0.4, 0.5) is 0 Å². The van der Waals surface area contributed by atoms with Crippen molar-refractivity contribution >= 4 is 37.4 Å². The Hall–Kier alpha value is -1.99. The highest BCUT2D eigenvalue weighted by Crippen LogP contribution is 2.32. The average molecular weight is 407 g/mol. The minimum atomic E-state index is -3.56. The van der Waals surface area contributed by atoms with Gasteiger partial charge in [-0.15, -0.1) is 0 Å². The third-order valence-corrected chi connectivity index (χ3v) is 6.38. The number of hydrazone groups is 1. The zero-order valence-electron chi connectivity index (χ0n) is 13.1. The summed E-state index contributed by atoms with van der Waals surface area (Å²) in [4.78, 5) is 12.5. The maximum absolute atomic E-state index is 12.6. The number of hydrogen-bond acceptors (Lipinski definition) is 4. The van der Waals surface area contributed by atoms with E-state index in [0.29, 0.717) is 11.3 Å². The van der Waals surface area contributed by atoms with Crippen molar-refractivity contribution in [2.45, 2.75) is 21.0 Å². The molecule has 5 nitrogen and oxygen atoms in total. The zero-order valence-corrected chi connectivity index (χ0v) is 15.5. The Labute approximate surface area is 149 Å². The molecular weight excluding hydrogens is 392 g/mol. The standard InChI is InChI=1S/C17H15BrN2O3S/c1-17(18)15(19-20(2)16(17)21)12-8-10-14(11-9-12)24(22,23)13-6-4-3-5-7-13/h3-11H,1-2H3. The molecule has 1 atom stereocenters. The van der Waals surface area contributed by atoms with Crippen LogP contribution in [0.2, 0.25) is 0 Å². The SMILES string of the molecule is CN1N=C(c2ccc(S(=O)(=O)c3ccccc3)cc2)C(C)(Br)C1=O. The van der Waals surface area contributed by atoms with E-state index in [9.17, 15) is 13.2 Å². The van der Waals surface area contributed by atoms with Crippen molar-refractivity contribution in [3.05, 3.63) is 60.2 Å². The molecule has 0 aromatic heterocycles. The lowest BCUT2D eigenvalue weighted by molar-refractivity contribution is -0.128. The highest BCUT2D eigenvalue weighted by Gasteiger charge is 2.44. The van der Waals surface area contributed by atoms with E-state index in [4.69, 9.17) is 0 Å². The van der Waals surface area contributed by atoms with Crippen LogP contribution in [0.15, 0.2) is 69.5 Å². The topological polar surface area (TPSA) is 66.8 Å². The number of amides is 1. The second-order valence-electron chi connectivity index (χ2n) is 5.62. The molecule has 1 unspecified atom stereocenters. The average Bonchev–Trinajstić information content (AvgIpc) is 2.79. The van der Waals surface area contributed by atoms with Crippen LogP contribution in [-0.4, -0.2) is 36.4 Å². The summed E-state index contributed by atoms with van der Waals surface area (Å²) < 4.78 is 24.3. The highest BCUT2D eigenvalue weighted by molar-refractivity contribution is 9.10. The Balaban J connectivity index is 1.98. The van der Waals surface area contributed by atoms with Crippen LogP contribution in [0.1, 0.15) is 12.5 Å². The molecule has 0 aliphatic carbocycles. The molecule has 2 aromatic carbocycles. The van der Waals surface area contributed by atoms with Gasteiger partial charge in [-0.2, -0.15) is 5.10 Å². The van der Waals surface area contributed by atoms with Crippen molar-refractivity contribution in [2.75, 3.05) is 7.05 Å². The van der Waals surface area contributed by atoms with Crippen molar-refractivity contribution in [3.63, 3.8) is 0 Å². The van der Waals surface area contributed by atoms with Crippen LogP contribution < -0.4 is 0 Å². The fourth-order valence-corrected chi connectivity index (χ4v) is 4.40. The van der Waals surface area contributed by atoms with Gasteiger partial charge in [-0.3, -0.25) is 4.79 Å². The largest absolute Gasteiger partial charge is 0.271 e. The number of alkyl halides is 1. The lowest BCUT2D eigenvalue weighted by atomic mass is 9.99. The Bertz CT molecular complexity index is 920. The molecule has 3 rings (SSSR count). The van der Waals surface area contributed by atoms with Gasteiger partial charge in [0.25, 0.3) is 5.91 Å². The van der Waals surface area contributed by atoms with Crippen LogP contribution in [0, 0.1) is 0 Å². The predicted octanol–water partition coefficient (Wildman–Crippen LogP) is 2.85. The minimum absolute atomic E-state index is 0.168. The van der Waals surface area contributed by atoms with Gasteiger partial charge in [0, 0.05) is 7.05 Å². The van der Waals surface area contributed by atoms with E-state index in [1.165, 1.54) is 17.1 Å². The molecule has 0 N–H and O–H groups in total. The van der Waals surface area contributed by atoms with Gasteiger partial charge in [0.1, 0.15) is 4.32 Å².